The lowest BCUT2D eigenvalue weighted by molar-refractivity contribution is -0.168. The van der Waals surface area contributed by atoms with E-state index in [-0.39, 0.29) is 80.1 Å². The molecular formula is C52H64O23. The second kappa shape index (κ2) is 31.6. The van der Waals surface area contributed by atoms with Gasteiger partial charge in [0.2, 0.25) is 0 Å². The van der Waals surface area contributed by atoms with Crippen molar-refractivity contribution in [2.75, 3.05) is 46.2 Å². The van der Waals surface area contributed by atoms with Gasteiger partial charge in [0.25, 0.3) is 0 Å². The first kappa shape index (κ1) is 63.2. The SMILES string of the molecule is C=C(C)C(=O)OCC(COC(=O)C(=C)CC(C)(C)C(=O)OCC(COCC(C)C)OC(=O)CCCCCOC(=O)c1ccc(C(=O)O)c(C(=O)O)c1)OC(=O)CCCCCOC(=O)c1ccc(C(=O)O)c(C(=O)O)c1. The normalized spacial score (nSPS) is 11.8. The van der Waals surface area contributed by atoms with E-state index in [0.717, 1.165) is 36.4 Å². The van der Waals surface area contributed by atoms with Crippen LogP contribution in [0.25, 0.3) is 0 Å². The highest BCUT2D eigenvalue weighted by Gasteiger charge is 2.34. The fourth-order valence-corrected chi connectivity index (χ4v) is 6.42. The minimum absolute atomic E-state index is 0.0481. The number of esters is 7. The third-order valence-electron chi connectivity index (χ3n) is 10.3. The standard InChI is InChI=1S/C52H64O23/c1-30(2)25-68-26-35(74-41(53)14-10-8-12-20-69-49(65)33-16-18-37(43(55)56)39(22-33)45(59)60)29-73-51(67)52(6,7)24-32(5)48(64)72-28-36(27-71-47(63)31(3)4)75-42(54)15-11-9-13-21-70-50(66)34-17-19-38(44(57)58)40(23-34)46(61)62/h16-19,22-23,30,35-36H,3,5,8-15,20-21,24-29H2,1-2,4,6-7H3,(H,55,56)(H,57,58)(H,59,60)(H,61,62). The Kier molecular flexibility index (Phi) is 26.6. The highest BCUT2D eigenvalue weighted by atomic mass is 16.6. The number of carbonyl (C=O) groups is 11. The molecule has 0 spiro atoms. The van der Waals surface area contributed by atoms with Gasteiger partial charge in [0.15, 0.2) is 12.2 Å². The number of hydrogen-bond donors (Lipinski definition) is 4. The van der Waals surface area contributed by atoms with E-state index in [1.54, 1.807) is 0 Å². The predicted octanol–water partition coefficient (Wildman–Crippen LogP) is 6.29. The van der Waals surface area contributed by atoms with Crippen LogP contribution in [-0.2, 0) is 61.9 Å². The second-order valence-corrected chi connectivity index (χ2v) is 18.0. The van der Waals surface area contributed by atoms with Crippen molar-refractivity contribution >= 4 is 65.7 Å². The number of carboxylic acid groups (broad SMARTS) is 4. The zero-order chi connectivity index (χ0) is 56.4. The monoisotopic (exact) mass is 1060 g/mol. The summed E-state index contributed by atoms with van der Waals surface area (Å²) in [5, 5.41) is 36.9. The molecule has 0 bridgehead atoms. The van der Waals surface area contributed by atoms with Gasteiger partial charge in [-0.2, -0.15) is 0 Å². The fourth-order valence-electron chi connectivity index (χ4n) is 6.42. The third-order valence-corrected chi connectivity index (χ3v) is 10.3. The summed E-state index contributed by atoms with van der Waals surface area (Å²) in [7, 11) is 0. The maximum Gasteiger partial charge on any atom is 0.338 e. The van der Waals surface area contributed by atoms with E-state index in [1.807, 2.05) is 13.8 Å². The van der Waals surface area contributed by atoms with Crippen molar-refractivity contribution in [1.82, 2.24) is 0 Å². The molecule has 4 N–H and O–H groups in total. The van der Waals surface area contributed by atoms with Crippen LogP contribution in [0.5, 0.6) is 0 Å². The van der Waals surface area contributed by atoms with E-state index >= 15 is 0 Å². The van der Waals surface area contributed by atoms with Crippen LogP contribution in [-0.4, -0.2) is 145 Å². The van der Waals surface area contributed by atoms with Crippen LogP contribution in [0.3, 0.4) is 0 Å². The number of aromatic carboxylic acids is 4. The second-order valence-electron chi connectivity index (χ2n) is 18.0. The number of rotatable bonds is 35. The van der Waals surface area contributed by atoms with Crippen LogP contribution in [0.4, 0.5) is 0 Å². The Morgan fingerprint density at radius 1 is 0.520 bits per heavy atom. The first-order chi connectivity index (χ1) is 35.2. The Balaban J connectivity index is 1.87. The minimum Gasteiger partial charge on any atom is -0.478 e. The summed E-state index contributed by atoms with van der Waals surface area (Å²) in [5.41, 5.74) is -3.93. The number of carbonyl (C=O) groups excluding carboxylic acids is 7. The third kappa shape index (κ3) is 23.2. The van der Waals surface area contributed by atoms with Gasteiger partial charge in [0.1, 0.15) is 19.8 Å². The van der Waals surface area contributed by atoms with E-state index in [2.05, 4.69) is 13.2 Å². The number of unbranched alkanes of at least 4 members (excludes halogenated alkanes) is 4. The molecule has 2 aromatic carbocycles. The molecule has 2 aromatic rings. The van der Waals surface area contributed by atoms with Crippen molar-refractivity contribution < 1.29 is 111 Å². The van der Waals surface area contributed by atoms with Crippen LogP contribution in [0.15, 0.2) is 60.7 Å². The lowest BCUT2D eigenvalue weighted by Crippen LogP contribution is -2.35. The number of hydrogen-bond acceptors (Lipinski definition) is 19. The average molecular weight is 1060 g/mol. The molecule has 2 atom stereocenters. The van der Waals surface area contributed by atoms with E-state index in [4.69, 9.17) is 37.9 Å². The quantitative estimate of drug-likeness (QED) is 0.0255. The van der Waals surface area contributed by atoms with Gasteiger partial charge < -0.3 is 58.3 Å². The molecule has 23 heteroatoms. The smallest absolute Gasteiger partial charge is 0.338 e. The van der Waals surface area contributed by atoms with Crippen molar-refractivity contribution in [2.24, 2.45) is 11.3 Å². The lowest BCUT2D eigenvalue weighted by atomic mass is 9.86. The topological polar surface area (TPSA) is 343 Å². The molecule has 2 rings (SSSR count). The molecule has 0 saturated heterocycles. The van der Waals surface area contributed by atoms with E-state index in [9.17, 15) is 73.2 Å². The predicted molar refractivity (Wildman–Crippen MR) is 259 cm³/mol. The lowest BCUT2D eigenvalue weighted by Gasteiger charge is -2.25. The van der Waals surface area contributed by atoms with E-state index in [0.29, 0.717) is 32.3 Å². The molecule has 0 aromatic heterocycles. The van der Waals surface area contributed by atoms with Crippen molar-refractivity contribution in [3.63, 3.8) is 0 Å². The van der Waals surface area contributed by atoms with Gasteiger partial charge in [-0.05, 0) is 108 Å². The van der Waals surface area contributed by atoms with Crippen molar-refractivity contribution in [1.29, 1.82) is 0 Å². The summed E-state index contributed by atoms with van der Waals surface area (Å²) >= 11 is 0. The average Bonchev–Trinajstić information content (AvgIpc) is 3.34. The van der Waals surface area contributed by atoms with Gasteiger partial charge in [0.05, 0.1) is 58.6 Å². The number of carboxylic acids is 4. The summed E-state index contributed by atoms with van der Waals surface area (Å²) in [6.07, 6.45) is -0.748. The van der Waals surface area contributed by atoms with Crippen LogP contribution in [0.2, 0.25) is 0 Å². The fraction of sp³-hybridized carbons (Fsp3) is 0.481. The molecule has 2 unspecified atom stereocenters. The summed E-state index contributed by atoms with van der Waals surface area (Å²) in [6, 6.07) is 6.06. The molecule has 410 valence electrons. The molecule has 23 nitrogen and oxygen atoms in total. The zero-order valence-electron chi connectivity index (χ0n) is 42.5. The largest absolute Gasteiger partial charge is 0.478 e. The molecule has 75 heavy (non-hydrogen) atoms. The summed E-state index contributed by atoms with van der Waals surface area (Å²) in [5.74, 6) is -11.5. The van der Waals surface area contributed by atoms with E-state index in [1.165, 1.54) is 20.8 Å². The molecule has 0 radical (unpaired) electrons. The van der Waals surface area contributed by atoms with Crippen molar-refractivity contribution in [3.05, 3.63) is 94.1 Å². The van der Waals surface area contributed by atoms with Gasteiger partial charge >= 0.3 is 65.7 Å². The zero-order valence-corrected chi connectivity index (χ0v) is 42.5. The maximum absolute atomic E-state index is 13.3. The Bertz CT molecular complexity index is 2430. The van der Waals surface area contributed by atoms with Crippen molar-refractivity contribution in [3.8, 4) is 0 Å². The van der Waals surface area contributed by atoms with Gasteiger partial charge in [-0.3, -0.25) is 14.4 Å². The van der Waals surface area contributed by atoms with Crippen molar-refractivity contribution in [2.45, 2.75) is 105 Å². The Hall–Kier alpha value is -7.95. The molecular weight excluding hydrogens is 993 g/mol. The first-order valence-corrected chi connectivity index (χ1v) is 23.6. The molecule has 0 heterocycles. The van der Waals surface area contributed by atoms with Gasteiger partial charge in [-0.15, -0.1) is 0 Å². The first-order valence-electron chi connectivity index (χ1n) is 23.6. The highest BCUT2D eigenvalue weighted by Crippen LogP contribution is 2.27. The van der Waals surface area contributed by atoms with Crippen LogP contribution in [0, 0.1) is 11.3 Å². The Morgan fingerprint density at radius 2 is 0.933 bits per heavy atom. The number of ether oxygens (including phenoxy) is 8. The summed E-state index contributed by atoms with van der Waals surface area (Å²) < 4.78 is 42.9. The maximum atomic E-state index is 13.3. The summed E-state index contributed by atoms with van der Waals surface area (Å²) in [6.45, 7) is 13.9. The number of benzene rings is 2. The molecule has 0 aliphatic heterocycles. The van der Waals surface area contributed by atoms with Gasteiger partial charge in [0, 0.05) is 30.6 Å². The molecule has 0 aliphatic carbocycles. The minimum atomic E-state index is -1.54. The highest BCUT2D eigenvalue weighted by molar-refractivity contribution is 6.05. The van der Waals surface area contributed by atoms with Crippen LogP contribution < -0.4 is 0 Å². The van der Waals surface area contributed by atoms with E-state index < -0.39 is 125 Å². The van der Waals surface area contributed by atoms with Gasteiger partial charge in [-0.25, -0.2) is 38.4 Å². The Labute approximate surface area is 432 Å². The van der Waals surface area contributed by atoms with Crippen LogP contribution >= 0.6 is 0 Å². The molecule has 0 amide bonds. The molecule has 0 aliphatic rings. The van der Waals surface area contributed by atoms with Crippen LogP contribution in [0.1, 0.15) is 155 Å². The molecule has 0 fully saturated rings. The molecule has 0 saturated carbocycles. The Morgan fingerprint density at radius 3 is 1.35 bits per heavy atom. The summed E-state index contributed by atoms with van der Waals surface area (Å²) in [4.78, 5) is 134. The van der Waals surface area contributed by atoms with Gasteiger partial charge in [-0.1, -0.05) is 27.0 Å².